The van der Waals surface area contributed by atoms with Crippen LogP contribution in [-0.2, 0) is 6.18 Å². The van der Waals surface area contributed by atoms with Crippen molar-refractivity contribution in [3.63, 3.8) is 0 Å². The van der Waals surface area contributed by atoms with Crippen LogP contribution in [0.3, 0.4) is 0 Å². The molecule has 0 aliphatic rings. The smallest absolute Gasteiger partial charge is 0.326 e. The minimum atomic E-state index is -4.43. The van der Waals surface area contributed by atoms with Gasteiger partial charge in [0.25, 0.3) is 11.5 Å². The van der Waals surface area contributed by atoms with Gasteiger partial charge in [0.1, 0.15) is 5.56 Å². The van der Waals surface area contributed by atoms with Crippen LogP contribution in [0.4, 0.5) is 18.9 Å². The molecular weight excluding hydrogens is 285 g/mol. The summed E-state index contributed by atoms with van der Waals surface area (Å²) in [6, 6.07) is 6.88. The third-order valence-corrected chi connectivity index (χ3v) is 2.77. The predicted octanol–water partition coefficient (Wildman–Crippen LogP) is 2.95. The number of aryl methyl sites for hydroxylation is 1. The van der Waals surface area contributed by atoms with Crippen molar-refractivity contribution in [3.8, 4) is 0 Å². The first-order valence-electron chi connectivity index (χ1n) is 5.96. The Kier molecular flexibility index (Phi) is 3.84. The van der Waals surface area contributed by atoms with Crippen LogP contribution >= 0.6 is 0 Å². The summed E-state index contributed by atoms with van der Waals surface area (Å²) in [5, 5.41) is 2.37. The lowest BCUT2D eigenvalue weighted by molar-refractivity contribution is -0.137. The number of benzene rings is 1. The van der Waals surface area contributed by atoms with Crippen molar-refractivity contribution in [2.24, 2.45) is 0 Å². The van der Waals surface area contributed by atoms with Crippen molar-refractivity contribution in [3.05, 3.63) is 63.6 Å². The van der Waals surface area contributed by atoms with E-state index in [4.69, 9.17) is 0 Å². The van der Waals surface area contributed by atoms with Gasteiger partial charge in [-0.3, -0.25) is 9.59 Å². The number of aromatic amines is 1. The highest BCUT2D eigenvalue weighted by Gasteiger charge is 2.30. The molecule has 1 aromatic heterocycles. The highest BCUT2D eigenvalue weighted by atomic mass is 19.4. The molecule has 0 radical (unpaired) electrons. The number of rotatable bonds is 2. The van der Waals surface area contributed by atoms with Crippen LogP contribution in [0.2, 0.25) is 0 Å². The number of nitrogens with one attached hydrogen (secondary N) is 2. The maximum atomic E-state index is 12.4. The van der Waals surface area contributed by atoms with E-state index in [1.807, 2.05) is 0 Å². The van der Waals surface area contributed by atoms with E-state index >= 15 is 0 Å². The Morgan fingerprint density at radius 2 is 1.71 bits per heavy atom. The molecule has 0 fully saturated rings. The molecule has 1 amide bonds. The van der Waals surface area contributed by atoms with Crippen LogP contribution < -0.4 is 10.9 Å². The Morgan fingerprint density at radius 3 is 2.24 bits per heavy atom. The molecular formula is C14H11F3N2O2. The Labute approximate surface area is 117 Å². The Balaban J connectivity index is 2.18. The van der Waals surface area contributed by atoms with Gasteiger partial charge in [-0.05, 0) is 43.3 Å². The number of amides is 1. The maximum Gasteiger partial charge on any atom is 0.416 e. The van der Waals surface area contributed by atoms with Crippen LogP contribution in [0.15, 0.2) is 41.2 Å². The summed E-state index contributed by atoms with van der Waals surface area (Å²) in [7, 11) is 0. The Bertz CT molecular complexity index is 718. The minimum Gasteiger partial charge on any atom is -0.326 e. The summed E-state index contributed by atoms with van der Waals surface area (Å²) < 4.78 is 37.2. The number of anilines is 1. The number of H-pyrrole nitrogens is 1. The summed E-state index contributed by atoms with van der Waals surface area (Å²) in [5.41, 5.74) is -0.701. The first-order valence-corrected chi connectivity index (χ1v) is 5.96. The fraction of sp³-hybridized carbons (Fsp3) is 0.143. The normalized spacial score (nSPS) is 11.2. The number of carbonyl (C=O) groups excluding carboxylic acids is 1. The van der Waals surface area contributed by atoms with Gasteiger partial charge < -0.3 is 10.3 Å². The Morgan fingerprint density at radius 1 is 1.10 bits per heavy atom. The zero-order valence-electron chi connectivity index (χ0n) is 10.9. The topological polar surface area (TPSA) is 62.0 Å². The molecule has 7 heteroatoms. The molecule has 1 aromatic carbocycles. The van der Waals surface area contributed by atoms with Gasteiger partial charge in [0.05, 0.1) is 5.56 Å². The molecule has 4 nitrogen and oxygen atoms in total. The van der Waals surface area contributed by atoms with Gasteiger partial charge in [0.15, 0.2) is 0 Å². The maximum absolute atomic E-state index is 12.4. The van der Waals surface area contributed by atoms with E-state index in [9.17, 15) is 22.8 Å². The summed E-state index contributed by atoms with van der Waals surface area (Å²) in [6.07, 6.45) is -4.43. The van der Waals surface area contributed by atoms with E-state index in [1.165, 1.54) is 6.07 Å². The highest BCUT2D eigenvalue weighted by Crippen LogP contribution is 2.29. The highest BCUT2D eigenvalue weighted by molar-refractivity contribution is 6.03. The molecule has 0 bridgehead atoms. The molecule has 0 atom stereocenters. The number of hydrogen-bond donors (Lipinski definition) is 2. The number of alkyl halides is 3. The first-order chi connectivity index (χ1) is 9.77. The minimum absolute atomic E-state index is 0.111. The fourth-order valence-corrected chi connectivity index (χ4v) is 1.69. The van der Waals surface area contributed by atoms with Crippen LogP contribution in [0, 0.1) is 6.92 Å². The van der Waals surface area contributed by atoms with Gasteiger partial charge in [-0.2, -0.15) is 13.2 Å². The van der Waals surface area contributed by atoms with Gasteiger partial charge in [0, 0.05) is 11.4 Å². The van der Waals surface area contributed by atoms with E-state index < -0.39 is 23.2 Å². The number of pyridine rings is 1. The number of hydrogen-bond acceptors (Lipinski definition) is 2. The van der Waals surface area contributed by atoms with Gasteiger partial charge >= 0.3 is 6.18 Å². The number of aromatic nitrogens is 1. The second-order valence-corrected chi connectivity index (χ2v) is 4.41. The number of carbonyl (C=O) groups is 1. The summed E-state index contributed by atoms with van der Waals surface area (Å²) >= 11 is 0. The molecule has 0 saturated carbocycles. The second-order valence-electron chi connectivity index (χ2n) is 4.41. The van der Waals surface area contributed by atoms with Crippen molar-refractivity contribution in [1.29, 1.82) is 0 Å². The molecule has 0 aliphatic heterocycles. The summed E-state index contributed by atoms with van der Waals surface area (Å²) in [5.74, 6) is -0.684. The lowest BCUT2D eigenvalue weighted by Gasteiger charge is -2.08. The molecule has 2 N–H and O–H groups in total. The van der Waals surface area contributed by atoms with Gasteiger partial charge in [-0.25, -0.2) is 0 Å². The van der Waals surface area contributed by atoms with Gasteiger partial charge in [-0.1, -0.05) is 0 Å². The fourth-order valence-electron chi connectivity index (χ4n) is 1.69. The SMILES string of the molecule is Cc1ccc(C(=O)Nc2ccc(C(F)(F)F)cc2)c(=O)[nH]1. The molecule has 0 saturated heterocycles. The second kappa shape index (κ2) is 5.43. The van der Waals surface area contributed by atoms with Crippen LogP contribution in [-0.4, -0.2) is 10.9 Å². The standard InChI is InChI=1S/C14H11F3N2O2/c1-8-2-7-11(12(20)18-8)13(21)19-10-5-3-9(4-6-10)14(15,16)17/h2-7H,1H3,(H,18,20)(H,19,21). The molecule has 21 heavy (non-hydrogen) atoms. The van der Waals surface area contributed by atoms with Crippen molar-refractivity contribution in [2.75, 3.05) is 5.32 Å². The van der Waals surface area contributed by atoms with Crippen LogP contribution in [0.5, 0.6) is 0 Å². The van der Waals surface area contributed by atoms with E-state index in [-0.39, 0.29) is 11.3 Å². The predicted molar refractivity (Wildman–Crippen MR) is 71.2 cm³/mol. The quantitative estimate of drug-likeness (QED) is 0.895. The number of halogens is 3. The van der Waals surface area contributed by atoms with Gasteiger partial charge in [0.2, 0.25) is 0 Å². The Hall–Kier alpha value is -2.57. The molecule has 2 rings (SSSR count). The molecule has 1 heterocycles. The molecule has 0 aliphatic carbocycles. The average molecular weight is 296 g/mol. The molecule has 0 spiro atoms. The van der Waals surface area contributed by atoms with Gasteiger partial charge in [-0.15, -0.1) is 0 Å². The first kappa shape index (κ1) is 14.8. The van der Waals surface area contributed by atoms with E-state index in [0.29, 0.717) is 5.69 Å². The zero-order chi connectivity index (χ0) is 15.6. The van der Waals surface area contributed by atoms with Crippen LogP contribution in [0.25, 0.3) is 0 Å². The van der Waals surface area contributed by atoms with Crippen LogP contribution in [0.1, 0.15) is 21.6 Å². The molecule has 110 valence electrons. The molecule has 0 unspecified atom stereocenters. The zero-order valence-corrected chi connectivity index (χ0v) is 10.9. The third-order valence-electron chi connectivity index (χ3n) is 2.77. The van der Waals surface area contributed by atoms with E-state index in [0.717, 1.165) is 24.3 Å². The van der Waals surface area contributed by atoms with E-state index in [2.05, 4.69) is 10.3 Å². The van der Waals surface area contributed by atoms with Crippen molar-refractivity contribution in [1.82, 2.24) is 4.98 Å². The third kappa shape index (κ3) is 3.50. The van der Waals surface area contributed by atoms with Crippen molar-refractivity contribution in [2.45, 2.75) is 13.1 Å². The lowest BCUT2D eigenvalue weighted by atomic mass is 10.2. The monoisotopic (exact) mass is 296 g/mol. The largest absolute Gasteiger partial charge is 0.416 e. The van der Waals surface area contributed by atoms with E-state index in [1.54, 1.807) is 13.0 Å². The summed E-state index contributed by atoms with van der Waals surface area (Å²) in [4.78, 5) is 25.9. The molecule has 2 aromatic rings. The summed E-state index contributed by atoms with van der Waals surface area (Å²) in [6.45, 7) is 1.67. The van der Waals surface area contributed by atoms with Crippen molar-refractivity contribution >= 4 is 11.6 Å². The lowest BCUT2D eigenvalue weighted by Crippen LogP contribution is -2.23. The van der Waals surface area contributed by atoms with Crippen molar-refractivity contribution < 1.29 is 18.0 Å². The average Bonchev–Trinajstić information content (AvgIpc) is 2.38.